The van der Waals surface area contributed by atoms with E-state index in [4.69, 9.17) is 16.3 Å². The second kappa shape index (κ2) is 9.24. The van der Waals surface area contributed by atoms with Crippen LogP contribution >= 0.6 is 11.6 Å². The third kappa shape index (κ3) is 5.50. The number of nitrogens with zero attached hydrogens (tertiary/aromatic N) is 4. The monoisotopic (exact) mass is 350 g/mol. The average molecular weight is 351 g/mol. The predicted octanol–water partition coefficient (Wildman–Crippen LogP) is 1.66. The number of guanidine groups is 1. The van der Waals surface area contributed by atoms with E-state index in [0.717, 1.165) is 17.2 Å². The smallest absolute Gasteiger partial charge is 0.192 e. The van der Waals surface area contributed by atoms with Crippen LogP contribution < -0.4 is 10.6 Å². The number of benzene rings is 1. The Labute approximate surface area is 147 Å². The van der Waals surface area contributed by atoms with Crippen molar-refractivity contribution in [1.82, 2.24) is 25.4 Å². The van der Waals surface area contributed by atoms with Crippen molar-refractivity contribution < 1.29 is 4.74 Å². The van der Waals surface area contributed by atoms with Gasteiger partial charge in [-0.25, -0.2) is 4.99 Å². The van der Waals surface area contributed by atoms with Crippen LogP contribution in [0, 0.1) is 6.92 Å². The maximum Gasteiger partial charge on any atom is 0.192 e. The van der Waals surface area contributed by atoms with Gasteiger partial charge in [-0.05, 0) is 24.6 Å². The molecule has 130 valence electrons. The first-order valence-corrected chi connectivity index (χ1v) is 8.08. The molecule has 2 N–H and O–H groups in total. The minimum absolute atomic E-state index is 0.528. The summed E-state index contributed by atoms with van der Waals surface area (Å²) in [6.45, 7) is 4.24. The number of ether oxygens (including phenoxy) is 1. The summed E-state index contributed by atoms with van der Waals surface area (Å²) in [5.41, 5.74) is 1.05. The summed E-state index contributed by atoms with van der Waals surface area (Å²) >= 11 is 6.01. The first kappa shape index (κ1) is 18.2. The van der Waals surface area contributed by atoms with Crippen LogP contribution in [0.5, 0.6) is 0 Å². The summed E-state index contributed by atoms with van der Waals surface area (Å²) in [6.07, 6.45) is 0. The van der Waals surface area contributed by atoms with Crippen LogP contribution in [0.25, 0.3) is 0 Å². The van der Waals surface area contributed by atoms with E-state index >= 15 is 0 Å². The zero-order valence-corrected chi connectivity index (χ0v) is 15.0. The molecule has 0 saturated carbocycles. The standard InChI is InChI=1S/C16H23ClN6O/c1-12-21-22-15(23(12)2)11-20-16(18-7-8-24-3)19-10-13-5-4-6-14(17)9-13/h4-6,9H,7-8,10-11H2,1-3H3,(H2,18,19,20). The van der Waals surface area contributed by atoms with Gasteiger partial charge in [0.2, 0.25) is 0 Å². The van der Waals surface area contributed by atoms with Crippen LogP contribution in [0.4, 0.5) is 0 Å². The maximum atomic E-state index is 6.01. The number of halogens is 1. The molecule has 8 heteroatoms. The number of rotatable bonds is 7. The predicted molar refractivity (Wildman–Crippen MR) is 95.0 cm³/mol. The molecule has 0 aliphatic heterocycles. The van der Waals surface area contributed by atoms with E-state index in [9.17, 15) is 0 Å². The molecule has 0 spiro atoms. The van der Waals surface area contributed by atoms with Gasteiger partial charge in [-0.1, -0.05) is 23.7 Å². The van der Waals surface area contributed by atoms with Crippen LogP contribution in [-0.4, -0.2) is 41.0 Å². The van der Waals surface area contributed by atoms with Crippen molar-refractivity contribution in [2.45, 2.75) is 20.0 Å². The number of methoxy groups -OCH3 is 1. The highest BCUT2D eigenvalue weighted by Gasteiger charge is 2.06. The molecule has 0 aliphatic rings. The molecule has 0 bridgehead atoms. The molecule has 1 heterocycles. The molecular weight excluding hydrogens is 328 g/mol. The second-order valence-electron chi connectivity index (χ2n) is 5.29. The third-order valence-corrected chi connectivity index (χ3v) is 3.74. The van der Waals surface area contributed by atoms with E-state index < -0.39 is 0 Å². The van der Waals surface area contributed by atoms with E-state index in [1.54, 1.807) is 7.11 Å². The molecule has 0 atom stereocenters. The number of hydrogen-bond acceptors (Lipinski definition) is 4. The topological polar surface area (TPSA) is 76.4 Å². The third-order valence-electron chi connectivity index (χ3n) is 3.50. The largest absolute Gasteiger partial charge is 0.383 e. The Bertz CT molecular complexity index is 685. The van der Waals surface area contributed by atoms with Gasteiger partial charge in [0.25, 0.3) is 0 Å². The minimum Gasteiger partial charge on any atom is -0.383 e. The van der Waals surface area contributed by atoms with Crippen molar-refractivity contribution in [1.29, 1.82) is 0 Å². The number of aliphatic imine (C=N–C) groups is 1. The Balaban J connectivity index is 2.00. The molecular formula is C16H23ClN6O. The number of aromatic nitrogens is 3. The molecule has 2 aromatic rings. The zero-order chi connectivity index (χ0) is 17.4. The van der Waals surface area contributed by atoms with Crippen LogP contribution in [0.15, 0.2) is 29.3 Å². The minimum atomic E-state index is 0.528. The van der Waals surface area contributed by atoms with Gasteiger partial charge in [0.15, 0.2) is 11.8 Å². The van der Waals surface area contributed by atoms with Gasteiger partial charge in [0.1, 0.15) is 5.82 Å². The van der Waals surface area contributed by atoms with E-state index in [0.29, 0.717) is 37.2 Å². The van der Waals surface area contributed by atoms with Crippen molar-refractivity contribution in [2.24, 2.45) is 12.0 Å². The van der Waals surface area contributed by atoms with Gasteiger partial charge in [-0.3, -0.25) is 0 Å². The summed E-state index contributed by atoms with van der Waals surface area (Å²) in [7, 11) is 3.60. The summed E-state index contributed by atoms with van der Waals surface area (Å²) < 4.78 is 7.01. The van der Waals surface area contributed by atoms with Gasteiger partial charge in [0, 0.05) is 25.7 Å². The molecule has 24 heavy (non-hydrogen) atoms. The lowest BCUT2D eigenvalue weighted by Gasteiger charge is -2.12. The Hall–Kier alpha value is -2.12. The molecule has 0 aliphatic carbocycles. The zero-order valence-electron chi connectivity index (χ0n) is 14.2. The van der Waals surface area contributed by atoms with E-state index in [2.05, 4.69) is 25.8 Å². The van der Waals surface area contributed by atoms with Crippen molar-refractivity contribution in [3.8, 4) is 0 Å². The first-order valence-electron chi connectivity index (χ1n) is 7.70. The van der Waals surface area contributed by atoms with Gasteiger partial charge >= 0.3 is 0 Å². The highest BCUT2D eigenvalue weighted by atomic mass is 35.5. The van der Waals surface area contributed by atoms with Gasteiger partial charge in [0.05, 0.1) is 19.7 Å². The SMILES string of the molecule is COCCNC(=NCc1cccc(Cl)c1)NCc1nnc(C)n1C. The highest BCUT2D eigenvalue weighted by molar-refractivity contribution is 6.30. The van der Waals surface area contributed by atoms with Crippen LogP contribution in [0.1, 0.15) is 17.2 Å². The average Bonchev–Trinajstić information content (AvgIpc) is 2.89. The van der Waals surface area contributed by atoms with E-state index in [1.165, 1.54) is 0 Å². The normalized spacial score (nSPS) is 11.6. The van der Waals surface area contributed by atoms with Crippen LogP contribution in [0.3, 0.4) is 0 Å². The number of nitrogens with one attached hydrogen (secondary N) is 2. The van der Waals surface area contributed by atoms with E-state index in [-0.39, 0.29) is 0 Å². The van der Waals surface area contributed by atoms with Gasteiger partial charge < -0.3 is 19.9 Å². The quantitative estimate of drug-likeness (QED) is 0.451. The second-order valence-corrected chi connectivity index (χ2v) is 5.73. The highest BCUT2D eigenvalue weighted by Crippen LogP contribution is 2.11. The Morgan fingerprint density at radius 2 is 2.17 bits per heavy atom. The Kier molecular flexibility index (Phi) is 7.02. The van der Waals surface area contributed by atoms with Crippen LogP contribution in [-0.2, 0) is 24.9 Å². The molecule has 0 amide bonds. The molecule has 0 saturated heterocycles. The Morgan fingerprint density at radius 3 is 2.83 bits per heavy atom. The molecule has 1 aromatic heterocycles. The van der Waals surface area contributed by atoms with Crippen molar-refractivity contribution >= 4 is 17.6 Å². The summed E-state index contributed by atoms with van der Waals surface area (Å²) in [6, 6.07) is 7.67. The fourth-order valence-electron chi connectivity index (χ4n) is 2.02. The van der Waals surface area contributed by atoms with Gasteiger partial charge in [-0.15, -0.1) is 10.2 Å². The summed E-state index contributed by atoms with van der Waals surface area (Å²) in [4.78, 5) is 4.58. The summed E-state index contributed by atoms with van der Waals surface area (Å²) in [5, 5.41) is 15.4. The lowest BCUT2D eigenvalue weighted by molar-refractivity contribution is 0.203. The summed E-state index contributed by atoms with van der Waals surface area (Å²) in [5.74, 6) is 2.40. The first-order chi connectivity index (χ1) is 11.6. The lowest BCUT2D eigenvalue weighted by Crippen LogP contribution is -2.39. The van der Waals surface area contributed by atoms with E-state index in [1.807, 2.05) is 42.8 Å². The molecule has 1 aromatic carbocycles. The maximum absolute atomic E-state index is 6.01. The molecule has 0 fully saturated rings. The number of aryl methyl sites for hydroxylation is 1. The molecule has 0 radical (unpaired) electrons. The molecule has 7 nitrogen and oxygen atoms in total. The van der Waals surface area contributed by atoms with Gasteiger partial charge in [-0.2, -0.15) is 0 Å². The lowest BCUT2D eigenvalue weighted by atomic mass is 10.2. The fraction of sp³-hybridized carbons (Fsp3) is 0.438. The van der Waals surface area contributed by atoms with Crippen molar-refractivity contribution in [3.05, 3.63) is 46.5 Å². The Morgan fingerprint density at radius 1 is 1.33 bits per heavy atom. The van der Waals surface area contributed by atoms with Crippen LogP contribution in [0.2, 0.25) is 5.02 Å². The number of hydrogen-bond donors (Lipinski definition) is 2. The molecule has 2 rings (SSSR count). The van der Waals surface area contributed by atoms with Crippen molar-refractivity contribution in [3.63, 3.8) is 0 Å². The van der Waals surface area contributed by atoms with Crippen molar-refractivity contribution in [2.75, 3.05) is 20.3 Å². The molecule has 0 unspecified atom stereocenters. The fourth-order valence-corrected chi connectivity index (χ4v) is 2.23.